The Bertz CT molecular complexity index is 2050. The summed E-state index contributed by atoms with van der Waals surface area (Å²) in [6.07, 6.45) is -2.53. The van der Waals surface area contributed by atoms with Crippen LogP contribution in [0, 0.1) is 11.8 Å². The molecule has 0 bridgehead atoms. The van der Waals surface area contributed by atoms with Crippen molar-refractivity contribution in [1.82, 2.24) is 47.4 Å². The van der Waals surface area contributed by atoms with Gasteiger partial charge in [-0.25, -0.2) is 0 Å². The topological polar surface area (TPSA) is 403 Å². The second-order valence-corrected chi connectivity index (χ2v) is 17.4. The minimum atomic E-state index is -1.83. The molecule has 0 aromatic heterocycles. The van der Waals surface area contributed by atoms with Crippen molar-refractivity contribution in [3.8, 4) is 5.75 Å². The van der Waals surface area contributed by atoms with Crippen LogP contribution in [0.25, 0.3) is 0 Å². The third-order valence-electron chi connectivity index (χ3n) is 10.8. The van der Waals surface area contributed by atoms with E-state index in [1.165, 1.54) is 38.2 Å². The summed E-state index contributed by atoms with van der Waals surface area (Å²) in [5.74, 6) is -11.9. The van der Waals surface area contributed by atoms with Crippen LogP contribution in [0.1, 0.15) is 85.1 Å². The number of nitrogens with two attached hydrogens (primary N) is 3. The molecule has 1 aliphatic heterocycles. The molecule has 12 amide bonds. The standard InChI is InChI=1S/C43H66N12O13/c1-7-23(4)36-40(66)50-26(12-14-30(44)57)37(63)52-29(17-31(45)58)38(64)51-27(41(67)55(6)21-35(62)54-43(5,18-22(2)3)42(68)48-19-32(46)59)13-15-33(60)47-20-34(61)49-28(39(65)53-36)16-24-8-10-25(56)11-9-24/h8-11,22-23,26-29,36,56H,7,12-21H2,1-6H3,(H2,44,57)(H2,45,58)(H2,46,59)(H,47,60)(H,48,68)(H,49,61)(H,50,66)(H,51,64)(H,52,63)(H,53,65)(H,54,62)/t23-,26-,27-,28-,29-,36-,43-/m0/s1. The Morgan fingerprint density at radius 3 is 1.97 bits per heavy atom. The van der Waals surface area contributed by atoms with Gasteiger partial charge in [-0.1, -0.05) is 46.2 Å². The predicted octanol–water partition coefficient (Wildman–Crippen LogP) is -4.56. The lowest BCUT2D eigenvalue weighted by Crippen LogP contribution is -2.61. The van der Waals surface area contributed by atoms with Gasteiger partial charge < -0.3 is 69.7 Å². The first-order valence-corrected chi connectivity index (χ1v) is 22.0. The van der Waals surface area contributed by atoms with Gasteiger partial charge in [0.15, 0.2) is 0 Å². The van der Waals surface area contributed by atoms with Crippen molar-refractivity contribution in [3.05, 3.63) is 29.8 Å². The van der Waals surface area contributed by atoms with E-state index in [1.54, 1.807) is 27.7 Å². The fraction of sp³-hybridized carbons (Fsp3) is 0.581. The number of benzene rings is 1. The van der Waals surface area contributed by atoms with Gasteiger partial charge in [-0.05, 0) is 55.7 Å². The van der Waals surface area contributed by atoms with Crippen molar-refractivity contribution < 1.29 is 62.6 Å². The lowest BCUT2D eigenvalue weighted by Gasteiger charge is -2.32. The molecule has 25 heteroatoms. The zero-order valence-corrected chi connectivity index (χ0v) is 39.2. The lowest BCUT2D eigenvalue weighted by atomic mass is 9.89. The number of phenols is 1. The molecule has 15 N–H and O–H groups in total. The van der Waals surface area contributed by atoms with E-state index in [0.29, 0.717) is 12.0 Å². The predicted molar refractivity (Wildman–Crippen MR) is 241 cm³/mol. The number of nitrogens with zero attached hydrogens (tertiary/aromatic N) is 1. The molecule has 1 aromatic carbocycles. The molecule has 1 fully saturated rings. The van der Waals surface area contributed by atoms with Gasteiger partial charge in [-0.3, -0.25) is 57.5 Å². The maximum absolute atomic E-state index is 14.0. The van der Waals surface area contributed by atoms with Crippen LogP contribution >= 0.6 is 0 Å². The largest absolute Gasteiger partial charge is 0.508 e. The minimum absolute atomic E-state index is 0.0727. The average Bonchev–Trinajstić information content (AvgIpc) is 3.25. The molecule has 0 unspecified atom stereocenters. The van der Waals surface area contributed by atoms with E-state index in [9.17, 15) is 62.6 Å². The normalized spacial score (nSPS) is 21.4. The van der Waals surface area contributed by atoms with Gasteiger partial charge in [-0.2, -0.15) is 0 Å². The molecule has 25 nitrogen and oxygen atoms in total. The Balaban J connectivity index is 2.61. The highest BCUT2D eigenvalue weighted by atomic mass is 16.3. The molecule has 2 rings (SSSR count). The van der Waals surface area contributed by atoms with Gasteiger partial charge in [0.25, 0.3) is 0 Å². The Morgan fingerprint density at radius 1 is 0.794 bits per heavy atom. The summed E-state index contributed by atoms with van der Waals surface area (Å²) in [6, 6.07) is -2.14. The Morgan fingerprint density at radius 2 is 1.40 bits per heavy atom. The van der Waals surface area contributed by atoms with Crippen molar-refractivity contribution >= 4 is 70.9 Å². The Kier molecular flexibility index (Phi) is 22.3. The summed E-state index contributed by atoms with van der Waals surface area (Å²) in [5.41, 5.74) is 14.9. The second-order valence-electron chi connectivity index (χ2n) is 17.4. The van der Waals surface area contributed by atoms with Gasteiger partial charge >= 0.3 is 0 Å². The number of hydrogen-bond acceptors (Lipinski definition) is 13. The number of hydrogen-bond donors (Lipinski definition) is 12. The smallest absolute Gasteiger partial charge is 0.245 e. The molecule has 1 heterocycles. The average molecular weight is 959 g/mol. The highest BCUT2D eigenvalue weighted by Crippen LogP contribution is 2.18. The number of rotatable bonds is 18. The Hall–Kier alpha value is -7.34. The minimum Gasteiger partial charge on any atom is -0.508 e. The highest BCUT2D eigenvalue weighted by Gasteiger charge is 2.38. The van der Waals surface area contributed by atoms with Crippen LogP contribution in [0.3, 0.4) is 0 Å². The van der Waals surface area contributed by atoms with E-state index in [0.717, 1.165) is 4.90 Å². The van der Waals surface area contributed by atoms with Gasteiger partial charge in [-0.15, -0.1) is 0 Å². The van der Waals surface area contributed by atoms with Crippen LogP contribution < -0.4 is 59.7 Å². The molecule has 68 heavy (non-hydrogen) atoms. The molecule has 0 aliphatic carbocycles. The Labute approximate surface area is 393 Å². The zero-order chi connectivity index (χ0) is 51.5. The molecule has 7 atom stereocenters. The molecule has 0 spiro atoms. The number of likely N-dealkylation sites (N-methyl/N-ethyl adjacent to an activating group) is 1. The summed E-state index contributed by atoms with van der Waals surface area (Å²) in [4.78, 5) is 159. The maximum Gasteiger partial charge on any atom is 0.245 e. The van der Waals surface area contributed by atoms with Gasteiger partial charge in [0.05, 0.1) is 26.1 Å². The van der Waals surface area contributed by atoms with E-state index >= 15 is 0 Å². The van der Waals surface area contributed by atoms with E-state index in [4.69, 9.17) is 17.2 Å². The van der Waals surface area contributed by atoms with Gasteiger partial charge in [0.1, 0.15) is 41.5 Å². The monoisotopic (exact) mass is 958 g/mol. The van der Waals surface area contributed by atoms with Crippen molar-refractivity contribution in [2.24, 2.45) is 29.0 Å². The van der Waals surface area contributed by atoms with Crippen LogP contribution in [0.15, 0.2) is 24.3 Å². The van der Waals surface area contributed by atoms with Crippen LogP contribution in [0.5, 0.6) is 5.75 Å². The van der Waals surface area contributed by atoms with Crippen molar-refractivity contribution in [2.75, 3.05) is 26.7 Å². The fourth-order valence-corrected chi connectivity index (χ4v) is 7.14. The first kappa shape index (κ1) is 56.8. The molecule has 1 aliphatic rings. The molecule has 376 valence electrons. The third kappa shape index (κ3) is 19.2. The van der Waals surface area contributed by atoms with Crippen LogP contribution in [0.2, 0.25) is 0 Å². The SMILES string of the molecule is CC[C@H](C)[C@@H]1NC(=O)[C@H](Cc2ccc(O)cc2)NC(=O)CNC(=O)CC[C@@H](C(=O)N(C)CC(=O)N[C@@](C)(CC(C)C)C(=O)NCC(N)=O)NC(=O)[C@H](CC(N)=O)NC(=O)[C@H](CCC(N)=O)NC1=O. The number of amides is 12. The molecule has 1 saturated heterocycles. The molecule has 0 radical (unpaired) electrons. The molecule has 1 aromatic rings. The lowest BCUT2D eigenvalue weighted by molar-refractivity contribution is -0.141. The number of phenolic OH excluding ortho intramolecular Hbond substituents is 1. The van der Waals surface area contributed by atoms with Crippen molar-refractivity contribution in [2.45, 2.75) is 122 Å². The number of carbonyl (C=O) groups is 12. The summed E-state index contributed by atoms with van der Waals surface area (Å²) >= 11 is 0. The molecule has 0 saturated carbocycles. The number of aromatic hydroxyl groups is 1. The quantitative estimate of drug-likeness (QED) is 0.0661. The number of carbonyl (C=O) groups excluding carboxylic acids is 12. The van der Waals surface area contributed by atoms with Gasteiger partial charge in [0, 0.05) is 26.3 Å². The maximum atomic E-state index is 14.0. The number of primary amides is 3. The van der Waals surface area contributed by atoms with Crippen LogP contribution in [-0.4, -0.2) is 143 Å². The summed E-state index contributed by atoms with van der Waals surface area (Å²) in [6.45, 7) is 6.38. The fourth-order valence-electron chi connectivity index (χ4n) is 7.14. The molecular formula is C43H66N12O13. The van der Waals surface area contributed by atoms with Crippen LogP contribution in [0.4, 0.5) is 0 Å². The summed E-state index contributed by atoms with van der Waals surface area (Å²) < 4.78 is 0. The number of nitrogens with one attached hydrogen (secondary N) is 8. The zero-order valence-electron chi connectivity index (χ0n) is 39.2. The summed E-state index contributed by atoms with van der Waals surface area (Å²) in [7, 11) is 1.18. The van der Waals surface area contributed by atoms with E-state index in [1.807, 2.05) is 0 Å². The van der Waals surface area contributed by atoms with Gasteiger partial charge in [0.2, 0.25) is 70.9 Å². The highest BCUT2D eigenvalue weighted by molar-refractivity contribution is 5.99. The first-order valence-electron chi connectivity index (χ1n) is 22.0. The van der Waals surface area contributed by atoms with E-state index in [2.05, 4.69) is 42.5 Å². The van der Waals surface area contributed by atoms with E-state index < -0.39 is 164 Å². The summed E-state index contributed by atoms with van der Waals surface area (Å²) in [5, 5.41) is 29.4. The second kappa shape index (κ2) is 26.7. The van der Waals surface area contributed by atoms with Crippen molar-refractivity contribution in [3.63, 3.8) is 0 Å². The van der Waals surface area contributed by atoms with E-state index in [-0.39, 0.29) is 24.5 Å². The van der Waals surface area contributed by atoms with Crippen molar-refractivity contribution in [1.29, 1.82) is 0 Å². The third-order valence-corrected chi connectivity index (χ3v) is 10.8. The molecular weight excluding hydrogens is 893 g/mol. The first-order chi connectivity index (χ1) is 31.7. The van der Waals surface area contributed by atoms with Crippen LogP contribution in [-0.2, 0) is 64.0 Å².